The minimum absolute atomic E-state index is 0.115. The average Bonchev–Trinajstić information content (AvgIpc) is 2.29. The van der Waals surface area contributed by atoms with Gasteiger partial charge in [0.2, 0.25) is 0 Å². The Morgan fingerprint density at radius 1 is 1.65 bits per heavy atom. The van der Waals surface area contributed by atoms with Crippen molar-refractivity contribution in [2.24, 2.45) is 5.73 Å². The molecule has 0 unspecified atom stereocenters. The number of nitrogens with two attached hydrogens (primary N) is 1. The second kappa shape index (κ2) is 6.66. The molecule has 2 N–H and O–H groups in total. The van der Waals surface area contributed by atoms with Crippen molar-refractivity contribution in [3.05, 3.63) is 28.5 Å². The van der Waals surface area contributed by atoms with Crippen LogP contribution in [0.5, 0.6) is 0 Å². The van der Waals surface area contributed by atoms with E-state index in [2.05, 4.69) is 20.9 Å². The van der Waals surface area contributed by atoms with Crippen molar-refractivity contribution in [2.45, 2.75) is 13.3 Å². The van der Waals surface area contributed by atoms with Crippen molar-refractivity contribution < 1.29 is 4.79 Å². The lowest BCUT2D eigenvalue weighted by atomic mass is 10.3. The highest BCUT2D eigenvalue weighted by Crippen LogP contribution is 2.15. The lowest BCUT2D eigenvalue weighted by molar-refractivity contribution is 0.0762. The first-order chi connectivity index (χ1) is 8.06. The highest BCUT2D eigenvalue weighted by molar-refractivity contribution is 9.10. The van der Waals surface area contributed by atoms with E-state index >= 15 is 0 Å². The first kappa shape index (κ1) is 14.1. The molecule has 0 spiro atoms. The molecule has 17 heavy (non-hydrogen) atoms. The van der Waals surface area contributed by atoms with Gasteiger partial charge >= 0.3 is 0 Å². The lowest BCUT2D eigenvalue weighted by Crippen LogP contribution is -2.34. The molecule has 0 bridgehead atoms. The SMILES string of the molecule is CCN(CCC(N)=S)C(=O)c1ncccc1Br. The van der Waals surface area contributed by atoms with Crippen molar-refractivity contribution in [3.8, 4) is 0 Å². The molecule has 6 heteroatoms. The van der Waals surface area contributed by atoms with Crippen LogP contribution >= 0.6 is 28.1 Å². The maximum Gasteiger partial charge on any atom is 0.273 e. The summed E-state index contributed by atoms with van der Waals surface area (Å²) in [6.07, 6.45) is 2.12. The molecule has 1 aromatic heterocycles. The Morgan fingerprint density at radius 3 is 2.88 bits per heavy atom. The first-order valence-electron chi connectivity index (χ1n) is 5.24. The van der Waals surface area contributed by atoms with E-state index in [-0.39, 0.29) is 5.91 Å². The molecule has 4 nitrogen and oxygen atoms in total. The fourth-order valence-corrected chi connectivity index (χ4v) is 1.86. The molecule has 0 aromatic carbocycles. The van der Waals surface area contributed by atoms with E-state index in [1.54, 1.807) is 23.2 Å². The monoisotopic (exact) mass is 315 g/mol. The summed E-state index contributed by atoms with van der Waals surface area (Å²) in [4.78, 5) is 18.3. The van der Waals surface area contributed by atoms with E-state index in [1.165, 1.54) is 0 Å². The number of pyridine rings is 1. The second-order valence-corrected chi connectivity index (χ2v) is 4.81. The third kappa shape index (κ3) is 4.05. The first-order valence-corrected chi connectivity index (χ1v) is 6.44. The Kier molecular flexibility index (Phi) is 5.50. The maximum absolute atomic E-state index is 12.2. The largest absolute Gasteiger partial charge is 0.393 e. The van der Waals surface area contributed by atoms with Gasteiger partial charge in [0, 0.05) is 30.2 Å². The van der Waals surface area contributed by atoms with Gasteiger partial charge in [-0.2, -0.15) is 0 Å². The molecule has 0 radical (unpaired) electrons. The lowest BCUT2D eigenvalue weighted by Gasteiger charge is -2.20. The zero-order valence-corrected chi connectivity index (χ0v) is 11.9. The third-order valence-corrected chi connectivity index (χ3v) is 3.10. The van der Waals surface area contributed by atoms with E-state index in [0.29, 0.717) is 34.7 Å². The summed E-state index contributed by atoms with van der Waals surface area (Å²) in [7, 11) is 0. The van der Waals surface area contributed by atoms with Crippen LogP contribution in [0.1, 0.15) is 23.8 Å². The quantitative estimate of drug-likeness (QED) is 0.844. The van der Waals surface area contributed by atoms with Crippen LogP contribution in [0.15, 0.2) is 22.8 Å². The summed E-state index contributed by atoms with van der Waals surface area (Å²) >= 11 is 8.12. The third-order valence-electron chi connectivity index (χ3n) is 2.26. The summed E-state index contributed by atoms with van der Waals surface area (Å²) in [5.74, 6) is -0.115. The van der Waals surface area contributed by atoms with Gasteiger partial charge in [0.25, 0.3) is 5.91 Å². The zero-order valence-electron chi connectivity index (χ0n) is 9.52. The van der Waals surface area contributed by atoms with E-state index in [4.69, 9.17) is 18.0 Å². The molecule has 1 aromatic rings. The number of hydrogen-bond donors (Lipinski definition) is 1. The molecule has 0 atom stereocenters. The van der Waals surface area contributed by atoms with Gasteiger partial charge in [-0.1, -0.05) is 12.2 Å². The molecule has 1 rings (SSSR count). The highest BCUT2D eigenvalue weighted by Gasteiger charge is 2.17. The fourth-order valence-electron chi connectivity index (χ4n) is 1.34. The summed E-state index contributed by atoms with van der Waals surface area (Å²) in [6.45, 7) is 3.03. The summed E-state index contributed by atoms with van der Waals surface area (Å²) in [6, 6.07) is 3.56. The average molecular weight is 316 g/mol. The van der Waals surface area contributed by atoms with Crippen molar-refractivity contribution in [1.82, 2.24) is 9.88 Å². The van der Waals surface area contributed by atoms with Gasteiger partial charge in [-0.15, -0.1) is 0 Å². The number of rotatable bonds is 5. The molecule has 0 aliphatic carbocycles. The summed E-state index contributed by atoms with van der Waals surface area (Å²) in [5.41, 5.74) is 5.85. The van der Waals surface area contributed by atoms with Crippen LogP contribution < -0.4 is 5.73 Å². The van der Waals surface area contributed by atoms with Crippen molar-refractivity contribution in [1.29, 1.82) is 0 Å². The Labute approximate surface area is 114 Å². The van der Waals surface area contributed by atoms with Crippen LogP contribution in [0.25, 0.3) is 0 Å². The number of nitrogens with zero attached hydrogens (tertiary/aromatic N) is 2. The molecule has 0 saturated heterocycles. The number of aromatic nitrogens is 1. The molecule has 0 aliphatic rings. The van der Waals surface area contributed by atoms with Crippen molar-refractivity contribution >= 4 is 39.0 Å². The Morgan fingerprint density at radius 2 is 2.35 bits per heavy atom. The molecule has 92 valence electrons. The Hall–Kier alpha value is -1.01. The van der Waals surface area contributed by atoms with Gasteiger partial charge in [0.15, 0.2) is 0 Å². The molecular weight excluding hydrogens is 302 g/mol. The number of carbonyl (C=O) groups excluding carboxylic acids is 1. The van der Waals surface area contributed by atoms with Crippen LogP contribution in [0.4, 0.5) is 0 Å². The Bertz CT molecular complexity index is 425. The van der Waals surface area contributed by atoms with Crippen molar-refractivity contribution in [2.75, 3.05) is 13.1 Å². The van der Waals surface area contributed by atoms with Crippen LogP contribution in [0.3, 0.4) is 0 Å². The number of carbonyl (C=O) groups is 1. The van der Waals surface area contributed by atoms with Crippen LogP contribution in [0.2, 0.25) is 0 Å². The zero-order chi connectivity index (χ0) is 12.8. The van der Waals surface area contributed by atoms with Gasteiger partial charge in [0.05, 0.1) is 4.99 Å². The van der Waals surface area contributed by atoms with E-state index in [1.807, 2.05) is 6.92 Å². The van der Waals surface area contributed by atoms with E-state index < -0.39 is 0 Å². The topological polar surface area (TPSA) is 59.2 Å². The predicted molar refractivity (Wildman–Crippen MR) is 74.9 cm³/mol. The van der Waals surface area contributed by atoms with Gasteiger partial charge in [-0.05, 0) is 35.0 Å². The molecule has 0 fully saturated rings. The summed E-state index contributed by atoms with van der Waals surface area (Å²) in [5, 5.41) is 0. The van der Waals surface area contributed by atoms with Gasteiger partial charge in [0.1, 0.15) is 5.69 Å². The van der Waals surface area contributed by atoms with Crippen LogP contribution in [0, 0.1) is 0 Å². The Balaban J connectivity index is 2.79. The minimum atomic E-state index is -0.115. The van der Waals surface area contributed by atoms with Gasteiger partial charge in [-0.25, -0.2) is 4.98 Å². The van der Waals surface area contributed by atoms with Gasteiger partial charge in [-0.3, -0.25) is 4.79 Å². The van der Waals surface area contributed by atoms with Crippen LogP contribution in [-0.4, -0.2) is 33.9 Å². The molecule has 0 aliphatic heterocycles. The van der Waals surface area contributed by atoms with Crippen LogP contribution in [-0.2, 0) is 0 Å². The van der Waals surface area contributed by atoms with E-state index in [9.17, 15) is 4.79 Å². The number of thiocarbonyl (C=S) groups is 1. The normalized spacial score (nSPS) is 10.0. The maximum atomic E-state index is 12.2. The fraction of sp³-hybridized carbons (Fsp3) is 0.364. The number of halogens is 1. The molecule has 1 heterocycles. The second-order valence-electron chi connectivity index (χ2n) is 3.43. The van der Waals surface area contributed by atoms with E-state index in [0.717, 1.165) is 0 Å². The minimum Gasteiger partial charge on any atom is -0.393 e. The number of amides is 1. The molecular formula is C11H14BrN3OS. The highest BCUT2D eigenvalue weighted by atomic mass is 79.9. The van der Waals surface area contributed by atoms with Gasteiger partial charge < -0.3 is 10.6 Å². The number of hydrogen-bond acceptors (Lipinski definition) is 3. The smallest absolute Gasteiger partial charge is 0.273 e. The molecule has 1 amide bonds. The summed E-state index contributed by atoms with van der Waals surface area (Å²) < 4.78 is 0.693. The van der Waals surface area contributed by atoms with Crippen molar-refractivity contribution in [3.63, 3.8) is 0 Å². The predicted octanol–water partition coefficient (Wildman–Crippen LogP) is 1.98. The standard InChI is InChI=1S/C11H14BrN3OS/c1-2-15(7-5-9(13)17)11(16)10-8(12)4-3-6-14-10/h3-4,6H,2,5,7H2,1H3,(H2,13,17). The molecule has 0 saturated carbocycles.